The molecular weight excluding hydrogens is 452 g/mol. The van der Waals surface area contributed by atoms with Crippen LogP contribution in [-0.2, 0) is 4.74 Å². The summed E-state index contributed by atoms with van der Waals surface area (Å²) in [6, 6.07) is 6.29. The summed E-state index contributed by atoms with van der Waals surface area (Å²) in [5.74, 6) is 0. The lowest BCUT2D eigenvalue weighted by Gasteiger charge is -2.38. The topological polar surface area (TPSA) is 91.0 Å². The molecule has 2 N–H and O–H groups in total. The number of ether oxygens (including phenoxy) is 1. The Labute approximate surface area is 207 Å². The van der Waals surface area contributed by atoms with Crippen LogP contribution in [0.3, 0.4) is 0 Å². The molecule has 1 saturated carbocycles. The predicted molar refractivity (Wildman–Crippen MR) is 136 cm³/mol. The third kappa shape index (κ3) is 7.71. The number of carbonyl (C=O) groups is 3. The van der Waals surface area contributed by atoms with Gasteiger partial charge in [-0.25, -0.2) is 13.4 Å². The maximum absolute atomic E-state index is 12.0. The first-order chi connectivity index (χ1) is 16.2. The van der Waals surface area contributed by atoms with Gasteiger partial charge in [0.15, 0.2) is 12.6 Å². The Kier molecular flexibility index (Phi) is 9.39. The monoisotopic (exact) mass is 490 g/mol. The number of benzene rings is 1. The minimum Gasteiger partial charge on any atom is -0.444 e. The molecule has 1 amide bonds. The molecular formula is C25H38N4O4S. The van der Waals surface area contributed by atoms with E-state index in [2.05, 4.69) is 26.3 Å². The van der Waals surface area contributed by atoms with E-state index in [1.165, 1.54) is 0 Å². The van der Waals surface area contributed by atoms with Crippen molar-refractivity contribution >= 4 is 36.5 Å². The van der Waals surface area contributed by atoms with Gasteiger partial charge in [-0.2, -0.15) is 0 Å². The first-order valence-corrected chi connectivity index (χ1v) is 12.9. The average molecular weight is 491 g/mol. The van der Waals surface area contributed by atoms with Gasteiger partial charge in [-0.05, 0) is 72.4 Å². The summed E-state index contributed by atoms with van der Waals surface area (Å²) in [6.07, 6.45) is 7.15. The van der Waals surface area contributed by atoms with Gasteiger partial charge in [0, 0.05) is 60.2 Å². The standard InChI is InChI=1S/C25H38N4O4S/c1-25(2,3)33-24(32)27-20-12-14-29(15-13-20)34-28(4)21-10-8-19(9-11-21)26-23-7-5-6-18(16-30)22(23)17-31/h5-7,16-17,19-21,26H,8-15H2,1-4H3,(H,27,32). The number of alkyl carbamates (subject to hydrolysis) is 1. The molecule has 1 aromatic rings. The molecule has 2 aliphatic rings. The van der Waals surface area contributed by atoms with E-state index >= 15 is 0 Å². The molecule has 0 spiro atoms. The Morgan fingerprint density at radius 3 is 2.32 bits per heavy atom. The van der Waals surface area contributed by atoms with Crippen LogP contribution in [0.15, 0.2) is 18.2 Å². The first-order valence-electron chi connectivity index (χ1n) is 12.1. The Bertz CT molecular complexity index is 844. The fourth-order valence-electron chi connectivity index (χ4n) is 4.55. The van der Waals surface area contributed by atoms with E-state index in [1.807, 2.05) is 26.8 Å². The number of nitrogens with one attached hydrogen (secondary N) is 2. The Hall–Kier alpha value is -2.10. The molecule has 1 heterocycles. The molecule has 2 fully saturated rings. The van der Waals surface area contributed by atoms with Crippen molar-refractivity contribution < 1.29 is 19.1 Å². The van der Waals surface area contributed by atoms with Gasteiger partial charge in [0.25, 0.3) is 0 Å². The van der Waals surface area contributed by atoms with Crippen molar-refractivity contribution in [3.63, 3.8) is 0 Å². The second-order valence-corrected chi connectivity index (χ2v) is 11.4. The third-order valence-corrected chi connectivity index (χ3v) is 7.53. The van der Waals surface area contributed by atoms with Gasteiger partial charge in [-0.3, -0.25) is 9.59 Å². The summed E-state index contributed by atoms with van der Waals surface area (Å²) in [6.45, 7) is 7.47. The average Bonchev–Trinajstić information content (AvgIpc) is 2.79. The highest BCUT2D eigenvalue weighted by molar-refractivity contribution is 7.94. The summed E-state index contributed by atoms with van der Waals surface area (Å²) in [5.41, 5.74) is 1.13. The molecule has 1 saturated heterocycles. The zero-order chi connectivity index (χ0) is 24.7. The molecule has 3 rings (SSSR count). The lowest BCUT2D eigenvalue weighted by molar-refractivity contribution is 0.0489. The van der Waals surface area contributed by atoms with Crippen molar-refractivity contribution in [2.75, 3.05) is 25.5 Å². The maximum Gasteiger partial charge on any atom is 0.407 e. The summed E-state index contributed by atoms with van der Waals surface area (Å²) in [5, 5.41) is 6.47. The van der Waals surface area contributed by atoms with Crippen LogP contribution in [0.2, 0.25) is 0 Å². The molecule has 1 aliphatic heterocycles. The predicted octanol–water partition coefficient (Wildman–Crippen LogP) is 4.52. The molecule has 34 heavy (non-hydrogen) atoms. The van der Waals surface area contributed by atoms with Crippen LogP contribution in [-0.4, -0.2) is 71.1 Å². The van der Waals surface area contributed by atoms with Gasteiger partial charge in [-0.1, -0.05) is 12.1 Å². The molecule has 0 atom stereocenters. The number of amides is 1. The number of hydrogen-bond donors (Lipinski definition) is 2. The summed E-state index contributed by atoms with van der Waals surface area (Å²) < 4.78 is 10.1. The molecule has 188 valence electrons. The fraction of sp³-hybridized carbons (Fsp3) is 0.640. The van der Waals surface area contributed by atoms with E-state index in [1.54, 1.807) is 24.3 Å². The Morgan fingerprint density at radius 1 is 1.06 bits per heavy atom. The largest absolute Gasteiger partial charge is 0.444 e. The van der Waals surface area contributed by atoms with Crippen molar-refractivity contribution in [3.8, 4) is 0 Å². The second kappa shape index (κ2) is 12.0. The quantitative estimate of drug-likeness (QED) is 0.406. The number of hydrogen-bond acceptors (Lipinski definition) is 8. The highest BCUT2D eigenvalue weighted by Crippen LogP contribution is 2.31. The first kappa shape index (κ1) is 26.5. The zero-order valence-electron chi connectivity index (χ0n) is 20.7. The summed E-state index contributed by atoms with van der Waals surface area (Å²) in [7, 11) is 2.16. The normalized spacial score (nSPS) is 22.3. The molecule has 8 nitrogen and oxygen atoms in total. The molecule has 0 aromatic heterocycles. The van der Waals surface area contributed by atoms with Gasteiger partial charge >= 0.3 is 6.09 Å². The van der Waals surface area contributed by atoms with Gasteiger partial charge in [0.05, 0.1) is 0 Å². The summed E-state index contributed by atoms with van der Waals surface area (Å²) >= 11 is 1.79. The highest BCUT2D eigenvalue weighted by Gasteiger charge is 2.28. The Balaban J connectivity index is 1.39. The van der Waals surface area contributed by atoms with E-state index < -0.39 is 5.60 Å². The van der Waals surface area contributed by atoms with Crippen molar-refractivity contribution in [3.05, 3.63) is 29.3 Å². The van der Waals surface area contributed by atoms with Crippen LogP contribution in [0, 0.1) is 0 Å². The molecule has 0 radical (unpaired) electrons. The molecule has 0 unspecified atom stereocenters. The van der Waals surface area contributed by atoms with Crippen LogP contribution in [0.1, 0.15) is 80.0 Å². The van der Waals surface area contributed by atoms with Gasteiger partial charge in [-0.15, -0.1) is 0 Å². The van der Waals surface area contributed by atoms with Crippen LogP contribution in [0.5, 0.6) is 0 Å². The van der Waals surface area contributed by atoms with Crippen LogP contribution in [0.4, 0.5) is 10.5 Å². The number of nitrogens with zero attached hydrogens (tertiary/aromatic N) is 2. The van der Waals surface area contributed by atoms with Crippen molar-refractivity contribution in [1.29, 1.82) is 0 Å². The number of rotatable bonds is 8. The molecule has 1 aliphatic carbocycles. The summed E-state index contributed by atoms with van der Waals surface area (Å²) in [4.78, 5) is 34.7. The zero-order valence-corrected chi connectivity index (χ0v) is 21.5. The Morgan fingerprint density at radius 2 is 1.74 bits per heavy atom. The molecule has 0 bridgehead atoms. The van der Waals surface area contributed by atoms with Gasteiger partial charge in [0.1, 0.15) is 5.60 Å². The maximum atomic E-state index is 12.0. The lowest BCUT2D eigenvalue weighted by Crippen LogP contribution is -2.45. The number of piperidine rings is 1. The third-order valence-electron chi connectivity index (χ3n) is 6.37. The van der Waals surface area contributed by atoms with E-state index in [0.29, 0.717) is 23.2 Å². The van der Waals surface area contributed by atoms with Gasteiger partial charge in [0.2, 0.25) is 0 Å². The fourth-order valence-corrected chi connectivity index (χ4v) is 5.63. The van der Waals surface area contributed by atoms with Crippen molar-refractivity contribution in [2.45, 2.75) is 83.0 Å². The van der Waals surface area contributed by atoms with Crippen LogP contribution < -0.4 is 10.6 Å². The van der Waals surface area contributed by atoms with E-state index in [9.17, 15) is 14.4 Å². The van der Waals surface area contributed by atoms with E-state index in [4.69, 9.17) is 4.74 Å². The van der Waals surface area contributed by atoms with Crippen molar-refractivity contribution in [1.82, 2.24) is 13.9 Å². The van der Waals surface area contributed by atoms with Crippen molar-refractivity contribution in [2.24, 2.45) is 0 Å². The molecule has 9 heteroatoms. The van der Waals surface area contributed by atoms with E-state index in [0.717, 1.165) is 69.9 Å². The smallest absolute Gasteiger partial charge is 0.407 e. The SMILES string of the molecule is CN(SN1CCC(NC(=O)OC(C)(C)C)CC1)C1CCC(Nc2cccc(C=O)c2C=O)CC1. The number of anilines is 1. The van der Waals surface area contributed by atoms with Gasteiger partial charge < -0.3 is 15.4 Å². The minimum absolute atomic E-state index is 0.160. The van der Waals surface area contributed by atoms with Crippen LogP contribution in [0.25, 0.3) is 0 Å². The highest BCUT2D eigenvalue weighted by atomic mass is 32.2. The second-order valence-electron chi connectivity index (χ2n) is 10.2. The molecule has 1 aromatic carbocycles. The number of carbonyl (C=O) groups excluding carboxylic acids is 3. The van der Waals surface area contributed by atoms with E-state index in [-0.39, 0.29) is 12.1 Å². The van der Waals surface area contributed by atoms with Crippen LogP contribution >= 0.6 is 12.1 Å². The number of aldehydes is 2. The minimum atomic E-state index is -0.478. The lowest BCUT2D eigenvalue weighted by atomic mass is 9.91.